The summed E-state index contributed by atoms with van der Waals surface area (Å²) in [5.41, 5.74) is 1.14. The highest BCUT2D eigenvalue weighted by Gasteiger charge is 2.27. The van der Waals surface area contributed by atoms with E-state index in [2.05, 4.69) is 25.6 Å². The van der Waals surface area contributed by atoms with Crippen molar-refractivity contribution in [1.29, 1.82) is 0 Å². The number of carbonyl (C=O) groups is 1. The predicted molar refractivity (Wildman–Crippen MR) is 93.0 cm³/mol. The van der Waals surface area contributed by atoms with E-state index in [0.717, 1.165) is 5.69 Å². The molecule has 0 aliphatic carbocycles. The van der Waals surface area contributed by atoms with Crippen molar-refractivity contribution in [2.24, 2.45) is 5.92 Å². The van der Waals surface area contributed by atoms with E-state index in [-0.39, 0.29) is 17.4 Å². The largest absolute Gasteiger partial charge is 0.354 e. The lowest BCUT2D eigenvalue weighted by atomic mass is 10.0. The Morgan fingerprint density at radius 3 is 2.84 bits per heavy atom. The number of hydrogen-bond donors (Lipinski definition) is 2. The Balaban J connectivity index is 1.82. The number of amides is 1. The summed E-state index contributed by atoms with van der Waals surface area (Å²) >= 11 is 0. The molecule has 0 unspecified atom stereocenters. The van der Waals surface area contributed by atoms with E-state index >= 15 is 0 Å². The van der Waals surface area contributed by atoms with Crippen molar-refractivity contribution in [2.75, 3.05) is 6.54 Å². The number of carbonyl (C=O) groups excluding carboxylic acids is 1. The molecular formula is C17H20N6O2. The van der Waals surface area contributed by atoms with E-state index in [1.165, 1.54) is 4.68 Å². The summed E-state index contributed by atoms with van der Waals surface area (Å²) in [5, 5.41) is 11.4. The van der Waals surface area contributed by atoms with E-state index in [1.807, 2.05) is 13.8 Å². The van der Waals surface area contributed by atoms with Crippen LogP contribution in [0.3, 0.4) is 0 Å². The van der Waals surface area contributed by atoms with Gasteiger partial charge in [-0.1, -0.05) is 31.2 Å². The number of rotatable bonds is 6. The Morgan fingerprint density at radius 1 is 1.32 bits per heavy atom. The van der Waals surface area contributed by atoms with Crippen molar-refractivity contribution in [3.05, 3.63) is 52.8 Å². The predicted octanol–water partition coefficient (Wildman–Crippen LogP) is 1.07. The molecule has 3 aromatic rings. The number of benzene rings is 1. The normalized spacial score (nSPS) is 12.4. The van der Waals surface area contributed by atoms with Gasteiger partial charge >= 0.3 is 0 Å². The molecule has 0 aliphatic heterocycles. The van der Waals surface area contributed by atoms with Crippen LogP contribution >= 0.6 is 0 Å². The molecule has 25 heavy (non-hydrogen) atoms. The van der Waals surface area contributed by atoms with Gasteiger partial charge in [0.05, 0.1) is 11.7 Å². The maximum Gasteiger partial charge on any atom is 0.278 e. The first-order chi connectivity index (χ1) is 12.1. The van der Waals surface area contributed by atoms with Crippen molar-refractivity contribution in [3.8, 4) is 0 Å². The van der Waals surface area contributed by atoms with Gasteiger partial charge in [-0.2, -0.15) is 4.68 Å². The lowest BCUT2D eigenvalue weighted by Gasteiger charge is -2.21. The van der Waals surface area contributed by atoms with Gasteiger partial charge in [-0.3, -0.25) is 9.59 Å². The topological polar surface area (TPSA) is 106 Å². The Kier molecular flexibility index (Phi) is 4.87. The Labute approximate surface area is 144 Å². The second-order valence-corrected chi connectivity index (χ2v) is 6.16. The fraction of sp³-hybridized carbons (Fsp3) is 0.353. The van der Waals surface area contributed by atoms with Crippen LogP contribution in [-0.4, -0.2) is 37.4 Å². The highest BCUT2D eigenvalue weighted by Crippen LogP contribution is 2.16. The number of aromatic amines is 1. The van der Waals surface area contributed by atoms with Crippen molar-refractivity contribution < 1.29 is 4.79 Å². The number of nitrogens with one attached hydrogen (secondary N) is 2. The number of H-pyrrole nitrogens is 1. The summed E-state index contributed by atoms with van der Waals surface area (Å²) in [4.78, 5) is 32.3. The standard InChI is InChI=1S/C17H20N6O2/c1-11(2)15(16(24)19-8-7-12-9-18-10-20-12)23-17(25)13-5-3-4-6-14(13)21-22-23/h3-6,9-11,15H,7-8H2,1-2H3,(H,18,20)(H,19,24)/t15-/m1/s1. The first-order valence-corrected chi connectivity index (χ1v) is 8.17. The number of aromatic nitrogens is 5. The first-order valence-electron chi connectivity index (χ1n) is 8.17. The minimum Gasteiger partial charge on any atom is -0.354 e. The quantitative estimate of drug-likeness (QED) is 0.698. The molecule has 2 heterocycles. The van der Waals surface area contributed by atoms with Gasteiger partial charge in [-0.05, 0) is 18.1 Å². The average molecular weight is 340 g/mol. The van der Waals surface area contributed by atoms with E-state index in [4.69, 9.17) is 0 Å². The number of nitrogens with zero attached hydrogens (tertiary/aromatic N) is 4. The summed E-state index contributed by atoms with van der Waals surface area (Å²) in [5.74, 6) is -0.360. The summed E-state index contributed by atoms with van der Waals surface area (Å²) < 4.78 is 1.18. The Bertz CT molecular complexity index is 916. The van der Waals surface area contributed by atoms with Crippen LogP contribution in [-0.2, 0) is 11.2 Å². The van der Waals surface area contributed by atoms with Gasteiger partial charge in [0.15, 0.2) is 0 Å². The number of imidazole rings is 1. The zero-order valence-electron chi connectivity index (χ0n) is 14.1. The molecule has 8 heteroatoms. The van der Waals surface area contributed by atoms with Crippen LogP contribution in [0.1, 0.15) is 25.6 Å². The number of hydrogen-bond acceptors (Lipinski definition) is 5. The zero-order chi connectivity index (χ0) is 17.8. The van der Waals surface area contributed by atoms with Gasteiger partial charge in [-0.15, -0.1) is 5.10 Å². The van der Waals surface area contributed by atoms with Crippen molar-refractivity contribution in [1.82, 2.24) is 30.3 Å². The number of fused-ring (bicyclic) bond motifs is 1. The van der Waals surface area contributed by atoms with Crippen molar-refractivity contribution in [3.63, 3.8) is 0 Å². The molecule has 3 rings (SSSR count). The van der Waals surface area contributed by atoms with Crippen LogP contribution in [0.5, 0.6) is 0 Å². The third-order valence-electron chi connectivity index (χ3n) is 4.00. The van der Waals surface area contributed by atoms with Crippen LogP contribution in [0.15, 0.2) is 41.6 Å². The van der Waals surface area contributed by atoms with Crippen LogP contribution in [0.2, 0.25) is 0 Å². The molecule has 1 amide bonds. The van der Waals surface area contributed by atoms with Gasteiger partial charge in [0.2, 0.25) is 5.91 Å². The zero-order valence-corrected chi connectivity index (χ0v) is 14.1. The summed E-state index contributed by atoms with van der Waals surface area (Å²) in [6, 6.07) is 6.26. The Morgan fingerprint density at radius 2 is 2.12 bits per heavy atom. The third-order valence-corrected chi connectivity index (χ3v) is 4.00. The molecule has 0 saturated carbocycles. The minimum atomic E-state index is -0.716. The lowest BCUT2D eigenvalue weighted by Crippen LogP contribution is -2.42. The summed E-state index contributed by atoms with van der Waals surface area (Å²) in [7, 11) is 0. The second kappa shape index (κ2) is 7.25. The van der Waals surface area contributed by atoms with Crippen LogP contribution < -0.4 is 10.9 Å². The molecule has 0 fully saturated rings. The molecule has 8 nitrogen and oxygen atoms in total. The molecule has 0 bridgehead atoms. The molecule has 0 radical (unpaired) electrons. The molecule has 0 saturated heterocycles. The van der Waals surface area contributed by atoms with Gasteiger partial charge in [0.25, 0.3) is 5.56 Å². The van der Waals surface area contributed by atoms with E-state index < -0.39 is 6.04 Å². The van der Waals surface area contributed by atoms with Crippen molar-refractivity contribution >= 4 is 16.8 Å². The molecule has 0 spiro atoms. The maximum absolute atomic E-state index is 12.7. The molecule has 130 valence electrons. The van der Waals surface area contributed by atoms with Crippen LogP contribution in [0, 0.1) is 5.92 Å². The lowest BCUT2D eigenvalue weighted by molar-refractivity contribution is -0.126. The highest BCUT2D eigenvalue weighted by molar-refractivity contribution is 5.81. The first kappa shape index (κ1) is 16.8. The second-order valence-electron chi connectivity index (χ2n) is 6.16. The molecule has 0 aliphatic rings. The monoisotopic (exact) mass is 340 g/mol. The summed E-state index contributed by atoms with van der Waals surface area (Å²) in [6.07, 6.45) is 3.94. The van der Waals surface area contributed by atoms with Gasteiger partial charge in [-0.25, -0.2) is 4.98 Å². The SMILES string of the molecule is CC(C)[C@H](C(=O)NCCc1cnc[nH]1)n1nnc2ccccc2c1=O. The fourth-order valence-electron chi connectivity index (χ4n) is 2.73. The minimum absolute atomic E-state index is 0.111. The van der Waals surface area contributed by atoms with Crippen molar-refractivity contribution in [2.45, 2.75) is 26.3 Å². The smallest absolute Gasteiger partial charge is 0.278 e. The molecule has 2 N–H and O–H groups in total. The molecular weight excluding hydrogens is 320 g/mol. The molecule has 2 aromatic heterocycles. The van der Waals surface area contributed by atoms with Gasteiger partial charge in [0, 0.05) is 24.9 Å². The average Bonchev–Trinajstić information content (AvgIpc) is 3.10. The molecule has 1 aromatic carbocycles. The summed E-state index contributed by atoms with van der Waals surface area (Å²) in [6.45, 7) is 4.20. The van der Waals surface area contributed by atoms with E-state index in [1.54, 1.807) is 36.8 Å². The Hall–Kier alpha value is -3.03. The van der Waals surface area contributed by atoms with E-state index in [9.17, 15) is 9.59 Å². The third kappa shape index (κ3) is 3.57. The van der Waals surface area contributed by atoms with E-state index in [0.29, 0.717) is 23.9 Å². The molecule has 1 atom stereocenters. The van der Waals surface area contributed by atoms with Gasteiger partial charge in [0.1, 0.15) is 11.6 Å². The highest BCUT2D eigenvalue weighted by atomic mass is 16.2. The van der Waals surface area contributed by atoms with Gasteiger partial charge < -0.3 is 10.3 Å². The van der Waals surface area contributed by atoms with Crippen LogP contribution in [0.25, 0.3) is 10.9 Å². The fourth-order valence-corrected chi connectivity index (χ4v) is 2.73. The maximum atomic E-state index is 12.7. The van der Waals surface area contributed by atoms with Crippen LogP contribution in [0.4, 0.5) is 0 Å².